The molecule has 0 spiro atoms. The number of aliphatic hydroxyl groups excluding tert-OH is 1. The summed E-state index contributed by atoms with van der Waals surface area (Å²) in [5.41, 5.74) is 3.43. The van der Waals surface area contributed by atoms with Crippen LogP contribution in [-0.4, -0.2) is 49.3 Å². The van der Waals surface area contributed by atoms with Crippen LogP contribution in [0.1, 0.15) is 23.1 Å². The van der Waals surface area contributed by atoms with E-state index in [0.717, 1.165) is 22.9 Å². The minimum atomic E-state index is -3.67. The van der Waals surface area contributed by atoms with Gasteiger partial charge in [-0.25, -0.2) is 0 Å². The van der Waals surface area contributed by atoms with E-state index in [0.29, 0.717) is 13.0 Å². The Kier molecular flexibility index (Phi) is 7.02. The second-order valence-corrected chi connectivity index (χ2v) is 11.0. The van der Waals surface area contributed by atoms with E-state index in [4.69, 9.17) is 4.28 Å². The molecule has 0 saturated carbocycles. The third-order valence-corrected chi connectivity index (χ3v) is 7.85. The second kappa shape index (κ2) is 9.77. The average molecular weight is 470 g/mol. The number of hydrogen-bond donors (Lipinski definition) is 1. The van der Waals surface area contributed by atoms with E-state index >= 15 is 0 Å². The summed E-state index contributed by atoms with van der Waals surface area (Å²) in [6, 6.07) is 30.7. The van der Waals surface area contributed by atoms with Crippen LogP contribution in [0, 0.1) is 0 Å². The first-order valence-electron chi connectivity index (χ1n) is 10.5. The fourth-order valence-corrected chi connectivity index (χ4v) is 6.72. The van der Waals surface area contributed by atoms with E-state index < -0.39 is 14.9 Å². The lowest BCUT2D eigenvalue weighted by Gasteiger charge is -2.37. The largest absolute Gasteiger partial charge is 0.395 e. The highest BCUT2D eigenvalue weighted by atomic mass is 32.2. The molecule has 1 aliphatic rings. The number of aliphatic hydroxyl groups is 1. The number of benzene rings is 3. The third-order valence-electron chi connectivity index (χ3n) is 5.65. The van der Waals surface area contributed by atoms with Gasteiger partial charge in [0.15, 0.2) is 0 Å². The summed E-state index contributed by atoms with van der Waals surface area (Å²) in [6.45, 7) is 0.235. The summed E-state index contributed by atoms with van der Waals surface area (Å²) in [4.78, 5) is 0. The molecule has 0 amide bonds. The molecule has 1 fully saturated rings. The van der Waals surface area contributed by atoms with Crippen LogP contribution in [0.25, 0.3) is 0 Å². The van der Waals surface area contributed by atoms with Crippen LogP contribution in [0.4, 0.5) is 0 Å². The molecule has 1 aliphatic heterocycles. The van der Waals surface area contributed by atoms with Gasteiger partial charge in [0, 0.05) is 11.8 Å². The lowest BCUT2D eigenvalue weighted by atomic mass is 9.84. The van der Waals surface area contributed by atoms with Gasteiger partial charge in [-0.1, -0.05) is 91.0 Å². The van der Waals surface area contributed by atoms with Crippen molar-refractivity contribution in [1.82, 2.24) is 5.06 Å². The smallest absolute Gasteiger partial charge is 0.280 e. The summed E-state index contributed by atoms with van der Waals surface area (Å²) in [5.74, 6) is 0. The van der Waals surface area contributed by atoms with E-state index in [1.807, 2.05) is 54.6 Å². The zero-order valence-corrected chi connectivity index (χ0v) is 19.5. The molecule has 168 valence electrons. The molecule has 5 nitrogen and oxygen atoms in total. The van der Waals surface area contributed by atoms with Gasteiger partial charge in [0.05, 0.1) is 23.7 Å². The molecule has 1 N–H and O–H groups in total. The Morgan fingerprint density at radius 2 is 1.34 bits per heavy atom. The van der Waals surface area contributed by atoms with E-state index in [-0.39, 0.29) is 17.9 Å². The monoisotopic (exact) mass is 469 g/mol. The maximum Gasteiger partial charge on any atom is 0.280 e. The molecule has 0 aliphatic carbocycles. The molecule has 3 aromatic carbocycles. The summed E-state index contributed by atoms with van der Waals surface area (Å²) in [5, 5.41) is 11.3. The highest BCUT2D eigenvalue weighted by molar-refractivity contribution is 8.01. The zero-order chi connectivity index (χ0) is 22.6. The molecular weight excluding hydrogens is 442 g/mol. The minimum absolute atomic E-state index is 0.0366. The van der Waals surface area contributed by atoms with Crippen molar-refractivity contribution in [2.24, 2.45) is 0 Å². The van der Waals surface area contributed by atoms with E-state index in [1.165, 1.54) is 5.06 Å². The highest BCUT2D eigenvalue weighted by Crippen LogP contribution is 2.52. The molecule has 2 atom stereocenters. The molecule has 0 aromatic heterocycles. The van der Waals surface area contributed by atoms with Gasteiger partial charge in [-0.05, 0) is 23.1 Å². The van der Waals surface area contributed by atoms with Crippen LogP contribution >= 0.6 is 11.8 Å². The van der Waals surface area contributed by atoms with Gasteiger partial charge in [0.2, 0.25) is 0 Å². The van der Waals surface area contributed by atoms with Gasteiger partial charge >= 0.3 is 0 Å². The maximum atomic E-state index is 11.8. The number of nitrogens with zero attached hydrogens (tertiary/aromatic N) is 1. The maximum absolute atomic E-state index is 11.8. The van der Waals surface area contributed by atoms with Crippen LogP contribution in [0.15, 0.2) is 91.0 Å². The van der Waals surface area contributed by atoms with Crippen molar-refractivity contribution >= 4 is 21.9 Å². The summed E-state index contributed by atoms with van der Waals surface area (Å²) in [6.07, 6.45) is 1.65. The molecule has 1 saturated heterocycles. The van der Waals surface area contributed by atoms with Crippen LogP contribution in [0.2, 0.25) is 0 Å². The minimum Gasteiger partial charge on any atom is -0.395 e. The fourth-order valence-electron chi connectivity index (χ4n) is 4.33. The summed E-state index contributed by atoms with van der Waals surface area (Å²) in [7, 11) is -3.67. The predicted molar refractivity (Wildman–Crippen MR) is 129 cm³/mol. The van der Waals surface area contributed by atoms with Crippen molar-refractivity contribution in [2.45, 2.75) is 22.5 Å². The van der Waals surface area contributed by atoms with Crippen molar-refractivity contribution in [2.75, 3.05) is 19.4 Å². The number of thioether (sulfide) groups is 1. The molecule has 1 heterocycles. The van der Waals surface area contributed by atoms with Crippen molar-refractivity contribution in [3.8, 4) is 0 Å². The van der Waals surface area contributed by atoms with Crippen LogP contribution < -0.4 is 0 Å². The van der Waals surface area contributed by atoms with Crippen molar-refractivity contribution in [1.29, 1.82) is 0 Å². The quantitative estimate of drug-likeness (QED) is 0.503. The Morgan fingerprint density at radius 3 is 1.72 bits per heavy atom. The Balaban J connectivity index is 1.80. The van der Waals surface area contributed by atoms with Crippen molar-refractivity contribution in [3.05, 3.63) is 108 Å². The Hall–Kier alpha value is -2.16. The van der Waals surface area contributed by atoms with Crippen molar-refractivity contribution in [3.63, 3.8) is 0 Å². The molecule has 4 rings (SSSR count). The fraction of sp³-hybridized carbons (Fsp3) is 0.280. The molecule has 2 unspecified atom stereocenters. The Bertz CT molecular complexity index is 1010. The standard InChI is InChI=1S/C25H27NO4S2/c1-32(28,29)30-26-18-24(17-23(26)19-27)31-25(20-11-5-2-6-12-20,21-13-7-3-8-14-21)22-15-9-4-10-16-22/h2-16,23-24,27H,17-19H2,1H3. The van der Waals surface area contributed by atoms with E-state index in [2.05, 4.69) is 36.4 Å². The van der Waals surface area contributed by atoms with Gasteiger partial charge in [0.1, 0.15) is 0 Å². The van der Waals surface area contributed by atoms with E-state index in [1.54, 1.807) is 11.8 Å². The highest BCUT2D eigenvalue weighted by Gasteiger charge is 2.44. The molecule has 7 heteroatoms. The molecule has 3 aromatic rings. The molecule has 0 bridgehead atoms. The van der Waals surface area contributed by atoms with Gasteiger partial charge in [-0.3, -0.25) is 0 Å². The molecule has 0 radical (unpaired) electrons. The first-order chi connectivity index (χ1) is 15.4. The zero-order valence-electron chi connectivity index (χ0n) is 17.9. The number of hydroxylamine groups is 2. The number of rotatable bonds is 8. The topological polar surface area (TPSA) is 66.8 Å². The van der Waals surface area contributed by atoms with Crippen LogP contribution in [-0.2, 0) is 19.1 Å². The Labute approximate surface area is 194 Å². The van der Waals surface area contributed by atoms with Crippen LogP contribution in [0.3, 0.4) is 0 Å². The second-order valence-electron chi connectivity index (χ2n) is 7.97. The normalized spacial score (nSPS) is 19.8. The first-order valence-corrected chi connectivity index (χ1v) is 13.2. The summed E-state index contributed by atoms with van der Waals surface area (Å²) >= 11 is 1.78. The summed E-state index contributed by atoms with van der Waals surface area (Å²) < 4.78 is 28.2. The van der Waals surface area contributed by atoms with Gasteiger partial charge in [-0.15, -0.1) is 11.8 Å². The van der Waals surface area contributed by atoms with E-state index in [9.17, 15) is 13.5 Å². The third kappa shape index (κ3) is 4.92. The van der Waals surface area contributed by atoms with Crippen LogP contribution in [0.5, 0.6) is 0 Å². The Morgan fingerprint density at radius 1 is 0.906 bits per heavy atom. The van der Waals surface area contributed by atoms with Gasteiger partial charge in [0.25, 0.3) is 10.1 Å². The first kappa shape index (κ1) is 23.0. The molecule has 32 heavy (non-hydrogen) atoms. The van der Waals surface area contributed by atoms with Crippen molar-refractivity contribution < 1.29 is 17.8 Å². The number of hydrogen-bond acceptors (Lipinski definition) is 6. The van der Waals surface area contributed by atoms with Gasteiger partial charge in [-0.2, -0.15) is 17.8 Å². The average Bonchev–Trinajstić information content (AvgIpc) is 3.18. The lowest BCUT2D eigenvalue weighted by molar-refractivity contribution is -0.0756. The van der Waals surface area contributed by atoms with Gasteiger partial charge < -0.3 is 5.11 Å². The lowest BCUT2D eigenvalue weighted by Crippen LogP contribution is -2.34. The molecular formula is C25H27NO4S2. The predicted octanol–water partition coefficient (Wildman–Crippen LogP) is 4.04. The SMILES string of the molecule is CS(=O)(=O)ON1CC(SC(c2ccccc2)(c2ccccc2)c2ccccc2)CC1CO.